The van der Waals surface area contributed by atoms with Gasteiger partial charge in [0.25, 0.3) is 0 Å². The van der Waals surface area contributed by atoms with Crippen LogP contribution in [0.3, 0.4) is 0 Å². The van der Waals surface area contributed by atoms with E-state index in [0.29, 0.717) is 41.5 Å². The molecule has 34 heavy (non-hydrogen) atoms. The second-order valence-corrected chi connectivity index (χ2v) is 7.75. The summed E-state index contributed by atoms with van der Waals surface area (Å²) in [5.74, 6) is 0.470. The Bertz CT molecular complexity index is 1380. The smallest absolute Gasteiger partial charge is 0.338 e. The summed E-state index contributed by atoms with van der Waals surface area (Å²) < 4.78 is 20.0. The minimum Gasteiger partial charge on any atom is -0.486 e. The van der Waals surface area contributed by atoms with Crippen LogP contribution >= 0.6 is 0 Å². The van der Waals surface area contributed by atoms with Gasteiger partial charge in [-0.05, 0) is 60.7 Å². The number of hydrogen-bond acceptors (Lipinski definition) is 8. The van der Waals surface area contributed by atoms with Gasteiger partial charge in [-0.3, -0.25) is 4.79 Å². The molecule has 10 nitrogen and oxygen atoms in total. The Balaban J connectivity index is 1.31. The molecule has 172 valence electrons. The Labute approximate surface area is 194 Å². The Kier molecular flexibility index (Phi) is 5.54. The molecule has 2 aromatic heterocycles. The summed E-state index contributed by atoms with van der Waals surface area (Å²) in [6.07, 6.45) is 1.42. The Hall–Kier alpha value is -4.47. The largest absolute Gasteiger partial charge is 0.486 e. The maximum atomic E-state index is 12.9. The van der Waals surface area contributed by atoms with E-state index in [2.05, 4.69) is 15.5 Å². The number of benzene rings is 2. The molecule has 0 amide bonds. The van der Waals surface area contributed by atoms with Crippen molar-refractivity contribution in [3.8, 4) is 22.9 Å². The van der Waals surface area contributed by atoms with Gasteiger partial charge < -0.3 is 18.8 Å². The van der Waals surface area contributed by atoms with Gasteiger partial charge >= 0.3 is 5.97 Å². The topological polar surface area (TPSA) is 110 Å². The number of nitrogens with zero attached hydrogens (tertiary/aromatic N) is 5. The average molecular weight is 459 g/mol. The predicted octanol–water partition coefficient (Wildman–Crippen LogP) is 2.88. The van der Waals surface area contributed by atoms with Crippen LogP contribution in [-0.4, -0.2) is 56.3 Å². The van der Waals surface area contributed by atoms with E-state index in [1.165, 1.54) is 11.0 Å². The molecule has 0 aliphatic carbocycles. The van der Waals surface area contributed by atoms with Gasteiger partial charge in [-0.25, -0.2) is 9.48 Å². The summed E-state index contributed by atoms with van der Waals surface area (Å²) in [6, 6.07) is 14.1. The van der Waals surface area contributed by atoms with Crippen LogP contribution in [0, 0.1) is 13.8 Å². The second kappa shape index (κ2) is 8.81. The highest BCUT2D eigenvalue weighted by atomic mass is 16.6. The standard InChI is InChI=1S/C24H21N5O5/c1-15-10-20(16(2)29(15)19-6-7-22-23(12-19)33-9-8-32-22)21(30)13-34-24(31)17-4-3-5-18(11-17)28-14-25-26-27-28/h3-7,10-12,14H,8-9,13H2,1-2H3. The van der Waals surface area contributed by atoms with Crippen LogP contribution in [0.15, 0.2) is 54.9 Å². The fraction of sp³-hybridized carbons (Fsp3) is 0.208. The van der Waals surface area contributed by atoms with Gasteiger partial charge in [-0.1, -0.05) is 6.07 Å². The van der Waals surface area contributed by atoms with E-state index in [0.717, 1.165) is 17.1 Å². The molecular formula is C24H21N5O5. The summed E-state index contributed by atoms with van der Waals surface area (Å²) in [6.45, 7) is 4.41. The Morgan fingerprint density at radius 2 is 1.82 bits per heavy atom. The highest BCUT2D eigenvalue weighted by molar-refractivity contribution is 6.00. The molecule has 0 N–H and O–H groups in total. The molecule has 5 rings (SSSR count). The summed E-state index contributed by atoms with van der Waals surface area (Å²) in [5.41, 5.74) is 3.86. The zero-order valence-electron chi connectivity index (χ0n) is 18.6. The number of carbonyl (C=O) groups is 2. The SMILES string of the molecule is Cc1cc(C(=O)COC(=O)c2cccc(-n3cnnn3)c2)c(C)n1-c1ccc2c(c1)OCCO2. The Morgan fingerprint density at radius 1 is 1.00 bits per heavy atom. The van der Waals surface area contributed by atoms with Crippen LogP contribution in [0.1, 0.15) is 32.1 Å². The van der Waals surface area contributed by atoms with E-state index >= 15 is 0 Å². The number of Topliss-reactive ketones (excluding diaryl/α,β-unsaturated/α-hetero) is 1. The third-order valence-corrected chi connectivity index (χ3v) is 5.55. The van der Waals surface area contributed by atoms with Crippen molar-refractivity contribution in [2.45, 2.75) is 13.8 Å². The molecule has 4 aromatic rings. The zero-order valence-corrected chi connectivity index (χ0v) is 18.6. The maximum Gasteiger partial charge on any atom is 0.338 e. The summed E-state index contributed by atoms with van der Waals surface area (Å²) in [7, 11) is 0. The van der Waals surface area contributed by atoms with Crippen LogP contribution in [0.5, 0.6) is 11.5 Å². The van der Waals surface area contributed by atoms with Crippen molar-refractivity contribution >= 4 is 11.8 Å². The number of aryl methyl sites for hydroxylation is 1. The number of carbonyl (C=O) groups excluding carboxylic acids is 2. The van der Waals surface area contributed by atoms with Crippen molar-refractivity contribution < 1.29 is 23.8 Å². The molecule has 0 fully saturated rings. The van der Waals surface area contributed by atoms with Gasteiger partial charge in [0.1, 0.15) is 19.5 Å². The minimum atomic E-state index is -0.607. The first kappa shape index (κ1) is 21.4. The first-order chi connectivity index (χ1) is 16.5. The molecule has 0 unspecified atom stereocenters. The quantitative estimate of drug-likeness (QED) is 0.320. The fourth-order valence-electron chi connectivity index (χ4n) is 3.96. The highest BCUT2D eigenvalue weighted by Crippen LogP contribution is 2.33. The van der Waals surface area contributed by atoms with Gasteiger partial charge in [0, 0.05) is 28.7 Å². The second-order valence-electron chi connectivity index (χ2n) is 7.75. The molecule has 3 heterocycles. The normalized spacial score (nSPS) is 12.4. The summed E-state index contributed by atoms with van der Waals surface area (Å²) in [5, 5.41) is 11.0. The van der Waals surface area contributed by atoms with Gasteiger partial charge in [0.15, 0.2) is 18.1 Å². The lowest BCUT2D eigenvalue weighted by Gasteiger charge is -2.20. The summed E-state index contributed by atoms with van der Waals surface area (Å²) in [4.78, 5) is 25.5. The van der Waals surface area contributed by atoms with Gasteiger partial charge in [0.2, 0.25) is 5.78 Å². The lowest BCUT2D eigenvalue weighted by Crippen LogP contribution is -2.16. The van der Waals surface area contributed by atoms with Gasteiger partial charge in [-0.15, -0.1) is 5.10 Å². The number of esters is 1. The van der Waals surface area contributed by atoms with Crippen LogP contribution in [-0.2, 0) is 4.74 Å². The third-order valence-electron chi connectivity index (χ3n) is 5.55. The lowest BCUT2D eigenvalue weighted by molar-refractivity contribution is 0.0474. The lowest BCUT2D eigenvalue weighted by atomic mass is 10.1. The molecule has 0 atom stereocenters. The van der Waals surface area contributed by atoms with Crippen molar-refractivity contribution in [1.29, 1.82) is 0 Å². The van der Waals surface area contributed by atoms with E-state index in [1.54, 1.807) is 30.3 Å². The van der Waals surface area contributed by atoms with Crippen molar-refractivity contribution in [3.63, 3.8) is 0 Å². The van der Waals surface area contributed by atoms with Gasteiger partial charge in [-0.2, -0.15) is 0 Å². The molecule has 0 saturated heterocycles. The van der Waals surface area contributed by atoms with Crippen LogP contribution in [0.4, 0.5) is 0 Å². The van der Waals surface area contributed by atoms with Crippen LogP contribution in [0.25, 0.3) is 11.4 Å². The highest BCUT2D eigenvalue weighted by Gasteiger charge is 2.20. The number of hydrogen-bond donors (Lipinski definition) is 0. The molecule has 2 aromatic carbocycles. The van der Waals surface area contributed by atoms with Crippen molar-refractivity contribution in [3.05, 3.63) is 77.4 Å². The molecule has 0 radical (unpaired) electrons. The number of aromatic nitrogens is 5. The molecular weight excluding hydrogens is 438 g/mol. The number of fused-ring (bicyclic) bond motifs is 1. The van der Waals surface area contributed by atoms with E-state index in [4.69, 9.17) is 14.2 Å². The molecule has 0 spiro atoms. The number of ketones is 1. The molecule has 1 aliphatic heterocycles. The Morgan fingerprint density at radius 3 is 2.62 bits per heavy atom. The minimum absolute atomic E-state index is 0.290. The fourth-order valence-corrected chi connectivity index (χ4v) is 3.96. The van der Waals surface area contributed by atoms with E-state index < -0.39 is 5.97 Å². The first-order valence-electron chi connectivity index (χ1n) is 10.6. The first-order valence-corrected chi connectivity index (χ1v) is 10.6. The van der Waals surface area contributed by atoms with Crippen LogP contribution < -0.4 is 9.47 Å². The number of tetrazole rings is 1. The molecule has 0 bridgehead atoms. The third kappa shape index (κ3) is 4.01. The zero-order chi connectivity index (χ0) is 23.7. The molecule has 0 saturated carbocycles. The van der Waals surface area contributed by atoms with Crippen molar-refractivity contribution in [2.24, 2.45) is 0 Å². The van der Waals surface area contributed by atoms with Crippen LogP contribution in [0.2, 0.25) is 0 Å². The monoisotopic (exact) mass is 459 g/mol. The average Bonchev–Trinajstić information content (AvgIpc) is 3.50. The molecule has 10 heteroatoms. The number of rotatable bonds is 6. The molecule has 1 aliphatic rings. The maximum absolute atomic E-state index is 12.9. The van der Waals surface area contributed by atoms with Crippen molar-refractivity contribution in [1.82, 2.24) is 24.8 Å². The van der Waals surface area contributed by atoms with E-state index in [9.17, 15) is 9.59 Å². The van der Waals surface area contributed by atoms with Gasteiger partial charge in [0.05, 0.1) is 11.3 Å². The number of ether oxygens (including phenoxy) is 3. The van der Waals surface area contributed by atoms with E-state index in [-0.39, 0.29) is 12.4 Å². The van der Waals surface area contributed by atoms with Crippen molar-refractivity contribution in [2.75, 3.05) is 19.8 Å². The predicted molar refractivity (Wildman–Crippen MR) is 120 cm³/mol. The summed E-state index contributed by atoms with van der Waals surface area (Å²) >= 11 is 0. The van der Waals surface area contributed by atoms with E-state index in [1.807, 2.05) is 36.6 Å².